The van der Waals surface area contributed by atoms with E-state index in [4.69, 9.17) is 5.11 Å². The van der Waals surface area contributed by atoms with E-state index in [1.165, 1.54) is 25.7 Å². The maximum Gasteiger partial charge on any atom is 0.332 e. The van der Waals surface area contributed by atoms with Crippen LogP contribution >= 0.6 is 0 Å². The van der Waals surface area contributed by atoms with Crippen molar-refractivity contribution in [2.75, 3.05) is 13.1 Å². The van der Waals surface area contributed by atoms with Crippen molar-refractivity contribution < 1.29 is 19.8 Å². The monoisotopic (exact) mass is 284 g/mol. The molecule has 1 aliphatic carbocycles. The van der Waals surface area contributed by atoms with E-state index in [-0.39, 0.29) is 19.0 Å². The summed E-state index contributed by atoms with van der Waals surface area (Å²) in [4.78, 5) is 24.6. The molecule has 1 saturated carbocycles. The van der Waals surface area contributed by atoms with Crippen molar-refractivity contribution in [1.29, 1.82) is 0 Å². The number of hydrogen-bond acceptors (Lipinski definition) is 3. The van der Waals surface area contributed by atoms with Crippen molar-refractivity contribution in [2.24, 2.45) is 5.92 Å². The van der Waals surface area contributed by atoms with Crippen molar-refractivity contribution >= 4 is 12.0 Å². The molecule has 3 N–H and O–H groups in total. The van der Waals surface area contributed by atoms with Gasteiger partial charge in [-0.15, -0.1) is 0 Å². The number of nitrogens with one attached hydrogen (secondary N) is 1. The minimum atomic E-state index is -1.40. The van der Waals surface area contributed by atoms with Crippen molar-refractivity contribution in [3.8, 4) is 0 Å². The zero-order valence-electron chi connectivity index (χ0n) is 11.8. The van der Waals surface area contributed by atoms with Gasteiger partial charge in [-0.05, 0) is 31.6 Å². The Balaban J connectivity index is 1.80. The normalized spacial score (nSPS) is 27.6. The number of carboxylic acid groups (broad SMARTS) is 1. The Morgan fingerprint density at radius 3 is 2.65 bits per heavy atom. The Hall–Kier alpha value is -1.30. The second kappa shape index (κ2) is 6.92. The first kappa shape index (κ1) is 15.1. The highest BCUT2D eigenvalue weighted by molar-refractivity contribution is 5.75. The van der Waals surface area contributed by atoms with Crippen LogP contribution in [0, 0.1) is 5.92 Å². The average molecular weight is 284 g/mol. The Kier molecular flexibility index (Phi) is 5.23. The van der Waals surface area contributed by atoms with Crippen LogP contribution in [0.5, 0.6) is 0 Å². The lowest BCUT2D eigenvalue weighted by Crippen LogP contribution is -2.53. The number of rotatable bonds is 4. The van der Waals surface area contributed by atoms with Crippen molar-refractivity contribution in [1.82, 2.24) is 10.2 Å². The third-order valence-electron chi connectivity index (χ3n) is 4.48. The molecule has 3 atom stereocenters. The van der Waals surface area contributed by atoms with Crippen molar-refractivity contribution in [3.63, 3.8) is 0 Å². The summed E-state index contributed by atoms with van der Waals surface area (Å²) < 4.78 is 0. The lowest BCUT2D eigenvalue weighted by molar-refractivity contribution is -0.146. The van der Waals surface area contributed by atoms with Crippen LogP contribution in [0.25, 0.3) is 0 Å². The van der Waals surface area contributed by atoms with E-state index in [9.17, 15) is 14.7 Å². The summed E-state index contributed by atoms with van der Waals surface area (Å²) in [7, 11) is 0. The Morgan fingerprint density at radius 1 is 1.20 bits per heavy atom. The summed E-state index contributed by atoms with van der Waals surface area (Å²) in [6.07, 6.45) is 5.65. The largest absolute Gasteiger partial charge is 0.479 e. The molecule has 2 amide bonds. The van der Waals surface area contributed by atoms with Gasteiger partial charge in [-0.3, -0.25) is 0 Å². The van der Waals surface area contributed by atoms with Gasteiger partial charge in [-0.2, -0.15) is 0 Å². The molecule has 0 aromatic carbocycles. The van der Waals surface area contributed by atoms with Gasteiger partial charge in [0.2, 0.25) is 0 Å². The summed E-state index contributed by atoms with van der Waals surface area (Å²) in [6.45, 7) is 0.981. The quantitative estimate of drug-likeness (QED) is 0.723. The first-order valence-corrected chi connectivity index (χ1v) is 7.55. The lowest BCUT2D eigenvalue weighted by atomic mass is 9.78. The maximum absolute atomic E-state index is 12.2. The van der Waals surface area contributed by atoms with Crippen LogP contribution in [0.2, 0.25) is 0 Å². The molecule has 6 nitrogen and oxygen atoms in total. The van der Waals surface area contributed by atoms with Crippen molar-refractivity contribution in [3.05, 3.63) is 0 Å². The molecule has 1 saturated heterocycles. The van der Waals surface area contributed by atoms with E-state index in [1.807, 2.05) is 4.90 Å². The molecule has 2 fully saturated rings. The number of aliphatic carboxylic acids is 1. The third kappa shape index (κ3) is 3.62. The molecular weight excluding hydrogens is 260 g/mol. The van der Waals surface area contributed by atoms with Gasteiger partial charge in [0, 0.05) is 25.6 Å². The standard InChI is InChI=1S/C14H24N2O4/c17-12(13(18)19)7-8-15-14(20)16-9-3-5-10-4-1-2-6-11(10)16/h10-12,17H,1-9H2,(H,15,20)(H,18,19). The van der Waals surface area contributed by atoms with E-state index in [2.05, 4.69) is 5.32 Å². The number of carboxylic acids is 1. The molecule has 0 aromatic rings. The Morgan fingerprint density at radius 2 is 1.90 bits per heavy atom. The van der Waals surface area contributed by atoms with E-state index in [0.29, 0.717) is 12.0 Å². The topological polar surface area (TPSA) is 89.9 Å². The molecule has 3 unspecified atom stereocenters. The lowest BCUT2D eigenvalue weighted by Gasteiger charge is -2.44. The number of aliphatic hydroxyl groups is 1. The molecule has 0 aromatic heterocycles. The fraction of sp³-hybridized carbons (Fsp3) is 0.857. The average Bonchev–Trinajstić information content (AvgIpc) is 2.46. The zero-order valence-corrected chi connectivity index (χ0v) is 11.8. The molecule has 1 aliphatic heterocycles. The summed E-state index contributed by atoms with van der Waals surface area (Å²) in [5.74, 6) is -0.613. The van der Waals surface area contributed by atoms with Gasteiger partial charge in [0.15, 0.2) is 6.10 Å². The Bertz CT molecular complexity index is 359. The van der Waals surface area contributed by atoms with Gasteiger partial charge in [-0.25, -0.2) is 9.59 Å². The summed E-state index contributed by atoms with van der Waals surface area (Å²) in [5.41, 5.74) is 0. The smallest absolute Gasteiger partial charge is 0.332 e. The molecule has 0 radical (unpaired) electrons. The maximum atomic E-state index is 12.2. The highest BCUT2D eigenvalue weighted by atomic mass is 16.4. The van der Waals surface area contributed by atoms with Crippen LogP contribution in [0.4, 0.5) is 4.79 Å². The van der Waals surface area contributed by atoms with Gasteiger partial charge < -0.3 is 20.4 Å². The molecule has 6 heteroatoms. The van der Waals surface area contributed by atoms with E-state index < -0.39 is 12.1 Å². The molecule has 114 valence electrons. The highest BCUT2D eigenvalue weighted by Gasteiger charge is 2.35. The van der Waals surface area contributed by atoms with Gasteiger partial charge in [0.25, 0.3) is 0 Å². The number of aliphatic hydroxyl groups excluding tert-OH is 1. The number of carbonyl (C=O) groups excluding carboxylic acids is 1. The summed E-state index contributed by atoms with van der Waals surface area (Å²) in [6, 6.07) is 0.237. The predicted molar refractivity (Wildman–Crippen MR) is 73.3 cm³/mol. The van der Waals surface area contributed by atoms with Crippen LogP contribution in [0.3, 0.4) is 0 Å². The molecule has 0 bridgehead atoms. The van der Waals surface area contributed by atoms with Crippen molar-refractivity contribution in [2.45, 2.75) is 57.1 Å². The third-order valence-corrected chi connectivity index (χ3v) is 4.48. The molecule has 0 spiro atoms. The zero-order chi connectivity index (χ0) is 14.5. The number of hydrogen-bond donors (Lipinski definition) is 3. The number of piperidine rings is 1. The fourth-order valence-corrected chi connectivity index (χ4v) is 3.42. The van der Waals surface area contributed by atoms with E-state index >= 15 is 0 Å². The van der Waals surface area contributed by atoms with E-state index in [1.54, 1.807) is 0 Å². The van der Waals surface area contributed by atoms with Gasteiger partial charge >= 0.3 is 12.0 Å². The van der Waals surface area contributed by atoms with Gasteiger partial charge in [0.05, 0.1) is 0 Å². The first-order chi connectivity index (χ1) is 9.59. The van der Waals surface area contributed by atoms with Crippen LogP contribution < -0.4 is 5.32 Å². The fourth-order valence-electron chi connectivity index (χ4n) is 3.42. The molecule has 2 rings (SSSR count). The number of likely N-dealkylation sites (tertiary alicyclic amines) is 1. The molecule has 1 heterocycles. The number of carbonyl (C=O) groups is 2. The highest BCUT2D eigenvalue weighted by Crippen LogP contribution is 2.35. The number of nitrogens with zero attached hydrogens (tertiary/aromatic N) is 1. The minimum Gasteiger partial charge on any atom is -0.479 e. The van der Waals surface area contributed by atoms with Crippen LogP contribution in [0.1, 0.15) is 44.9 Å². The minimum absolute atomic E-state index is 0.0447. The van der Waals surface area contributed by atoms with Crippen LogP contribution in [0.15, 0.2) is 0 Å². The Labute approximate surface area is 119 Å². The second-order valence-electron chi connectivity index (χ2n) is 5.82. The van der Waals surface area contributed by atoms with Crippen LogP contribution in [-0.4, -0.2) is 52.3 Å². The van der Waals surface area contributed by atoms with E-state index in [0.717, 1.165) is 19.4 Å². The summed E-state index contributed by atoms with van der Waals surface area (Å²) in [5, 5.41) is 20.5. The second-order valence-corrected chi connectivity index (χ2v) is 5.82. The first-order valence-electron chi connectivity index (χ1n) is 7.55. The summed E-state index contributed by atoms with van der Waals surface area (Å²) >= 11 is 0. The number of amides is 2. The van der Waals surface area contributed by atoms with Crippen LogP contribution in [-0.2, 0) is 4.79 Å². The molecular formula is C14H24N2O4. The predicted octanol–water partition coefficient (Wildman–Crippen LogP) is 1.19. The molecule has 20 heavy (non-hydrogen) atoms. The van der Waals surface area contributed by atoms with Gasteiger partial charge in [0.1, 0.15) is 0 Å². The SMILES string of the molecule is O=C(O)C(O)CCNC(=O)N1CCCC2CCCCC21. The molecule has 2 aliphatic rings. The number of fused-ring (bicyclic) bond motifs is 1. The number of urea groups is 1. The van der Waals surface area contributed by atoms with Gasteiger partial charge in [-0.1, -0.05) is 12.8 Å².